The molecule has 1 aromatic rings. The van der Waals surface area contributed by atoms with E-state index in [2.05, 4.69) is 6.92 Å². The lowest BCUT2D eigenvalue weighted by Crippen LogP contribution is -2.04. The molecule has 0 aromatic heterocycles. The van der Waals surface area contributed by atoms with E-state index >= 15 is 0 Å². The first-order chi connectivity index (χ1) is 9.06. The van der Waals surface area contributed by atoms with Crippen LogP contribution in [0.15, 0.2) is 18.2 Å². The quantitative estimate of drug-likeness (QED) is 0.451. The van der Waals surface area contributed by atoms with Gasteiger partial charge in [-0.15, -0.1) is 0 Å². The Morgan fingerprint density at radius 2 is 2.26 bits per heavy atom. The zero-order chi connectivity index (χ0) is 14.3. The summed E-state index contributed by atoms with van der Waals surface area (Å²) in [5, 5.41) is 20.3. The second-order valence-corrected chi connectivity index (χ2v) is 5.45. The van der Waals surface area contributed by atoms with Gasteiger partial charge in [0.25, 0.3) is 5.69 Å². The molecule has 0 aliphatic carbocycles. The number of hydrogen-bond acceptors (Lipinski definition) is 5. The maximum Gasteiger partial charge on any atom is 0.270 e. The summed E-state index contributed by atoms with van der Waals surface area (Å²) in [4.78, 5) is 10.2. The molecule has 106 valence electrons. The number of aliphatic hydroxyl groups is 1. The van der Waals surface area contributed by atoms with Crippen molar-refractivity contribution in [2.75, 3.05) is 18.1 Å². The number of non-ortho nitro benzene ring substituents is 1. The predicted molar refractivity (Wildman–Crippen MR) is 76.8 cm³/mol. The van der Waals surface area contributed by atoms with E-state index in [0.29, 0.717) is 17.9 Å². The third kappa shape index (κ3) is 5.08. The normalized spacial score (nSPS) is 12.2. The van der Waals surface area contributed by atoms with Gasteiger partial charge in [-0.3, -0.25) is 10.1 Å². The number of nitrogens with zero attached hydrogens (tertiary/aromatic N) is 1. The third-order valence-electron chi connectivity index (χ3n) is 2.55. The fraction of sp³-hybridized carbons (Fsp3) is 0.538. The molecule has 1 atom stereocenters. The molecule has 6 heteroatoms. The zero-order valence-electron chi connectivity index (χ0n) is 11.2. The molecule has 0 saturated carbocycles. The number of nitro benzene ring substituents is 1. The fourth-order valence-electron chi connectivity index (χ4n) is 1.59. The van der Waals surface area contributed by atoms with Gasteiger partial charge in [0.1, 0.15) is 5.75 Å². The van der Waals surface area contributed by atoms with E-state index in [0.717, 1.165) is 17.9 Å². The highest BCUT2D eigenvalue weighted by Crippen LogP contribution is 2.29. The minimum Gasteiger partial charge on any atom is -0.493 e. The molecule has 1 aromatic carbocycles. The lowest BCUT2D eigenvalue weighted by atomic mass is 10.1. The van der Waals surface area contributed by atoms with Crippen LogP contribution in [0.5, 0.6) is 5.75 Å². The van der Waals surface area contributed by atoms with E-state index in [9.17, 15) is 15.2 Å². The van der Waals surface area contributed by atoms with Gasteiger partial charge in [0, 0.05) is 17.7 Å². The van der Waals surface area contributed by atoms with E-state index in [-0.39, 0.29) is 5.69 Å². The van der Waals surface area contributed by atoms with E-state index < -0.39 is 11.0 Å². The summed E-state index contributed by atoms with van der Waals surface area (Å²) in [5.74, 6) is 2.62. The summed E-state index contributed by atoms with van der Waals surface area (Å²) in [5.41, 5.74) is 0.419. The topological polar surface area (TPSA) is 72.6 Å². The van der Waals surface area contributed by atoms with Gasteiger partial charge >= 0.3 is 0 Å². The molecule has 19 heavy (non-hydrogen) atoms. The maximum absolute atomic E-state index is 10.7. The Bertz CT molecular complexity index is 423. The molecule has 0 bridgehead atoms. The third-order valence-corrected chi connectivity index (χ3v) is 3.53. The smallest absolute Gasteiger partial charge is 0.270 e. The fourth-order valence-corrected chi connectivity index (χ4v) is 2.21. The minimum atomic E-state index is -0.792. The van der Waals surface area contributed by atoms with Crippen molar-refractivity contribution < 1.29 is 14.8 Å². The molecule has 0 heterocycles. The van der Waals surface area contributed by atoms with E-state index in [1.807, 2.05) is 11.8 Å². The van der Waals surface area contributed by atoms with Gasteiger partial charge in [0.2, 0.25) is 0 Å². The Balaban J connectivity index is 2.69. The molecule has 5 nitrogen and oxygen atoms in total. The molecule has 0 aliphatic heterocycles. The molecule has 0 fully saturated rings. The zero-order valence-corrected chi connectivity index (χ0v) is 12.0. The first kappa shape index (κ1) is 15.8. The van der Waals surface area contributed by atoms with Crippen LogP contribution in [-0.2, 0) is 0 Å². The second-order valence-electron chi connectivity index (χ2n) is 4.05. The monoisotopic (exact) mass is 285 g/mol. The van der Waals surface area contributed by atoms with Gasteiger partial charge in [0.05, 0.1) is 17.6 Å². The first-order valence-corrected chi connectivity index (χ1v) is 7.38. The molecular weight excluding hydrogens is 266 g/mol. The van der Waals surface area contributed by atoms with Crippen LogP contribution in [0, 0.1) is 10.1 Å². The Labute approximate surface area is 117 Å². The Hall–Kier alpha value is -1.27. The summed E-state index contributed by atoms with van der Waals surface area (Å²) < 4.78 is 5.58. The number of ether oxygens (including phenoxy) is 1. The van der Waals surface area contributed by atoms with Crippen LogP contribution in [0.4, 0.5) is 5.69 Å². The molecule has 0 radical (unpaired) electrons. The second kappa shape index (κ2) is 8.01. The van der Waals surface area contributed by atoms with Crippen LogP contribution < -0.4 is 4.74 Å². The SMILES string of the molecule is CCSCCCOc1ccc([N+](=O)[O-])cc1C(C)O. The molecule has 0 saturated heterocycles. The van der Waals surface area contributed by atoms with Crippen LogP contribution >= 0.6 is 11.8 Å². The number of rotatable bonds is 8. The summed E-state index contributed by atoms with van der Waals surface area (Å²) in [7, 11) is 0. The highest BCUT2D eigenvalue weighted by atomic mass is 32.2. The molecule has 0 amide bonds. The van der Waals surface area contributed by atoms with Crippen molar-refractivity contribution in [2.45, 2.75) is 26.4 Å². The van der Waals surface area contributed by atoms with Gasteiger partial charge in [0.15, 0.2) is 0 Å². The van der Waals surface area contributed by atoms with Gasteiger partial charge in [-0.05, 0) is 30.9 Å². The van der Waals surface area contributed by atoms with Gasteiger partial charge in [-0.25, -0.2) is 0 Å². The molecular formula is C13H19NO4S. The van der Waals surface area contributed by atoms with Gasteiger partial charge in [-0.2, -0.15) is 11.8 Å². The average molecular weight is 285 g/mol. The van der Waals surface area contributed by atoms with Crippen LogP contribution in [0.2, 0.25) is 0 Å². The number of nitro groups is 1. The molecule has 1 rings (SSSR count). The Morgan fingerprint density at radius 1 is 1.53 bits per heavy atom. The first-order valence-electron chi connectivity index (χ1n) is 6.23. The maximum atomic E-state index is 10.7. The van der Waals surface area contributed by atoms with E-state index in [1.54, 1.807) is 13.0 Å². The standard InChI is InChI=1S/C13H19NO4S/c1-3-19-8-4-7-18-13-6-5-11(14(16)17)9-12(13)10(2)15/h5-6,9-10,15H,3-4,7-8H2,1-2H3. The van der Waals surface area contributed by atoms with Crippen molar-refractivity contribution in [3.05, 3.63) is 33.9 Å². The number of benzene rings is 1. The summed E-state index contributed by atoms with van der Waals surface area (Å²) in [6.07, 6.45) is 0.120. The van der Waals surface area contributed by atoms with Crippen molar-refractivity contribution in [2.24, 2.45) is 0 Å². The van der Waals surface area contributed by atoms with Crippen molar-refractivity contribution >= 4 is 17.4 Å². The van der Waals surface area contributed by atoms with Crippen molar-refractivity contribution in [3.8, 4) is 5.75 Å². The van der Waals surface area contributed by atoms with E-state index in [4.69, 9.17) is 4.74 Å². The number of thioether (sulfide) groups is 1. The minimum absolute atomic E-state index is 0.0372. The molecule has 0 aliphatic rings. The van der Waals surface area contributed by atoms with Crippen LogP contribution in [0.25, 0.3) is 0 Å². The molecule has 1 N–H and O–H groups in total. The highest BCUT2D eigenvalue weighted by Gasteiger charge is 2.15. The molecule has 0 spiro atoms. The largest absolute Gasteiger partial charge is 0.493 e. The molecule has 1 unspecified atom stereocenters. The highest BCUT2D eigenvalue weighted by molar-refractivity contribution is 7.99. The Kier molecular flexibility index (Phi) is 6.66. The van der Waals surface area contributed by atoms with Crippen LogP contribution in [0.3, 0.4) is 0 Å². The average Bonchev–Trinajstić information content (AvgIpc) is 2.38. The van der Waals surface area contributed by atoms with E-state index in [1.165, 1.54) is 12.1 Å². The predicted octanol–water partition coefficient (Wildman–Crippen LogP) is 3.17. The van der Waals surface area contributed by atoms with Crippen molar-refractivity contribution in [1.82, 2.24) is 0 Å². The lowest BCUT2D eigenvalue weighted by molar-refractivity contribution is -0.385. The number of aliphatic hydroxyl groups excluding tert-OH is 1. The van der Waals surface area contributed by atoms with Crippen LogP contribution in [-0.4, -0.2) is 28.1 Å². The van der Waals surface area contributed by atoms with Gasteiger partial charge < -0.3 is 9.84 Å². The summed E-state index contributed by atoms with van der Waals surface area (Å²) >= 11 is 1.84. The van der Waals surface area contributed by atoms with Crippen molar-refractivity contribution in [1.29, 1.82) is 0 Å². The number of hydrogen-bond donors (Lipinski definition) is 1. The lowest BCUT2D eigenvalue weighted by Gasteiger charge is -2.13. The summed E-state index contributed by atoms with van der Waals surface area (Å²) in [6.45, 7) is 4.22. The summed E-state index contributed by atoms with van der Waals surface area (Å²) in [6, 6.07) is 4.30. The Morgan fingerprint density at radius 3 is 2.84 bits per heavy atom. The van der Waals surface area contributed by atoms with Crippen molar-refractivity contribution in [3.63, 3.8) is 0 Å². The van der Waals surface area contributed by atoms with Crippen LogP contribution in [0.1, 0.15) is 31.9 Å². The van der Waals surface area contributed by atoms with Gasteiger partial charge in [-0.1, -0.05) is 6.92 Å².